The number of fused-ring (bicyclic) bond motifs is 1. The summed E-state index contributed by atoms with van der Waals surface area (Å²) in [5.41, 5.74) is 0.131. The molecule has 39 heavy (non-hydrogen) atoms. The number of amides is 1. The van der Waals surface area contributed by atoms with E-state index in [-0.39, 0.29) is 45.3 Å². The van der Waals surface area contributed by atoms with Crippen LogP contribution in [0.1, 0.15) is 43.9 Å². The van der Waals surface area contributed by atoms with Crippen LogP contribution in [0.3, 0.4) is 0 Å². The van der Waals surface area contributed by atoms with E-state index in [0.29, 0.717) is 29.8 Å². The number of carbonyl (C=O) groups is 1. The number of alkyl halides is 1. The number of halogens is 2. The summed E-state index contributed by atoms with van der Waals surface area (Å²) in [6.07, 6.45) is 1.33. The Hall–Kier alpha value is -3.99. The van der Waals surface area contributed by atoms with Crippen molar-refractivity contribution in [3.63, 3.8) is 0 Å². The van der Waals surface area contributed by atoms with E-state index < -0.39 is 22.6 Å². The van der Waals surface area contributed by atoms with Crippen LogP contribution < -0.4 is 27.4 Å². The maximum absolute atomic E-state index is 14.7. The summed E-state index contributed by atoms with van der Waals surface area (Å²) in [6, 6.07) is 10.8. The van der Waals surface area contributed by atoms with Gasteiger partial charge in [-0.15, -0.1) is 0 Å². The molecule has 2 heterocycles. The first kappa shape index (κ1) is 28.0. The molecule has 11 heteroatoms. The molecule has 1 saturated carbocycles. The Morgan fingerprint density at radius 2 is 1.82 bits per heavy atom. The highest BCUT2D eigenvalue weighted by molar-refractivity contribution is 9.09. The summed E-state index contributed by atoms with van der Waals surface area (Å²) in [5.74, 6) is -0.845. The number of rotatable bonds is 6. The molecule has 1 aliphatic carbocycles. The fourth-order valence-corrected chi connectivity index (χ4v) is 4.48. The lowest BCUT2D eigenvalue weighted by Gasteiger charge is -2.18. The number of anilines is 3. The number of carbonyl (C=O) groups excluding carboxylic acids is 1. The van der Waals surface area contributed by atoms with Gasteiger partial charge in [-0.05, 0) is 62.6 Å². The van der Waals surface area contributed by atoms with E-state index in [2.05, 4.69) is 31.5 Å². The maximum Gasteiger partial charge on any atom is 0.336 e. The van der Waals surface area contributed by atoms with Crippen LogP contribution in [-0.4, -0.2) is 25.4 Å². The van der Waals surface area contributed by atoms with Gasteiger partial charge in [-0.25, -0.2) is 9.18 Å². The fourth-order valence-electron chi connectivity index (χ4n) is 4.34. The molecular formula is C28H29BrFN5O4. The minimum absolute atomic E-state index is 0.00903. The quantitative estimate of drug-likeness (QED) is 0.269. The Kier molecular flexibility index (Phi) is 8.19. The number of aromatic nitrogens is 3. The second-order valence-corrected chi connectivity index (χ2v) is 9.60. The van der Waals surface area contributed by atoms with Crippen molar-refractivity contribution < 1.29 is 9.18 Å². The Bertz CT molecular complexity index is 1750. The molecule has 0 atom stereocenters. The van der Waals surface area contributed by atoms with Crippen LogP contribution in [0.5, 0.6) is 0 Å². The van der Waals surface area contributed by atoms with Gasteiger partial charge in [0.2, 0.25) is 5.91 Å². The largest absolute Gasteiger partial charge is 0.339 e. The van der Waals surface area contributed by atoms with Crippen LogP contribution in [0, 0.1) is 19.7 Å². The molecule has 0 unspecified atom stereocenters. The molecule has 1 fully saturated rings. The summed E-state index contributed by atoms with van der Waals surface area (Å²) in [7, 11) is 0. The number of nitrogens with one attached hydrogen (secondary N) is 3. The predicted molar refractivity (Wildman–Crippen MR) is 156 cm³/mol. The van der Waals surface area contributed by atoms with Gasteiger partial charge < -0.3 is 15.6 Å². The molecule has 5 rings (SSSR count). The van der Waals surface area contributed by atoms with Crippen LogP contribution in [0.15, 0.2) is 56.8 Å². The zero-order chi connectivity index (χ0) is 28.4. The fraction of sp³-hybridized carbons (Fsp3) is 0.286. The topological polar surface area (TPSA) is 118 Å². The zero-order valence-corrected chi connectivity index (χ0v) is 23.6. The van der Waals surface area contributed by atoms with E-state index in [9.17, 15) is 23.6 Å². The van der Waals surface area contributed by atoms with Crippen LogP contribution in [0.25, 0.3) is 16.6 Å². The molecule has 0 aliphatic heterocycles. The standard InChI is InChI=1S/C26H23BrFN5O4.C2H6/c1-13-6-9-19(18(28)10-13)30-23-21-22(14(2)24(35)31-23)32(26(37)33(25(21)36)16-7-8-16)17-5-3-4-15(11-17)29-20(34)12-27;1-2/h3-6,9-11,16H,7-8,12H2,1-2H3,(H,29,34)(H2,30,31,35);1-2H3. The summed E-state index contributed by atoms with van der Waals surface area (Å²) >= 11 is 3.10. The van der Waals surface area contributed by atoms with Crippen molar-refractivity contribution in [2.45, 2.75) is 46.6 Å². The molecule has 204 valence electrons. The Labute approximate surface area is 231 Å². The summed E-state index contributed by atoms with van der Waals surface area (Å²) in [6.45, 7) is 7.27. The zero-order valence-electron chi connectivity index (χ0n) is 22.0. The predicted octanol–water partition coefficient (Wildman–Crippen LogP) is 5.03. The summed E-state index contributed by atoms with van der Waals surface area (Å²) in [4.78, 5) is 55.0. The van der Waals surface area contributed by atoms with Crippen LogP contribution in [-0.2, 0) is 4.79 Å². The van der Waals surface area contributed by atoms with Gasteiger partial charge in [0.05, 0.1) is 22.2 Å². The van der Waals surface area contributed by atoms with E-state index in [0.717, 1.165) is 0 Å². The molecule has 1 amide bonds. The number of pyridine rings is 1. The van der Waals surface area contributed by atoms with Crippen molar-refractivity contribution >= 4 is 49.9 Å². The van der Waals surface area contributed by atoms with E-state index in [4.69, 9.17) is 0 Å². The SMILES string of the molecule is CC.Cc1ccc(Nc2[nH]c(=O)c(C)c3c2c(=O)n(C2CC2)c(=O)n3-c2cccc(NC(=O)CBr)c2)c(F)c1. The second kappa shape index (κ2) is 11.4. The third kappa shape index (κ3) is 5.44. The van der Waals surface area contributed by atoms with E-state index in [1.807, 2.05) is 13.8 Å². The Morgan fingerprint density at radius 1 is 1.10 bits per heavy atom. The number of hydrogen-bond donors (Lipinski definition) is 3. The first-order chi connectivity index (χ1) is 18.7. The van der Waals surface area contributed by atoms with Gasteiger partial charge >= 0.3 is 5.69 Å². The van der Waals surface area contributed by atoms with Gasteiger partial charge in [-0.1, -0.05) is 41.9 Å². The number of H-pyrrole nitrogens is 1. The van der Waals surface area contributed by atoms with E-state index in [1.54, 1.807) is 37.3 Å². The maximum atomic E-state index is 14.7. The van der Waals surface area contributed by atoms with Gasteiger partial charge in [0, 0.05) is 17.3 Å². The molecule has 0 bridgehead atoms. The lowest BCUT2D eigenvalue weighted by atomic mass is 10.1. The van der Waals surface area contributed by atoms with Crippen molar-refractivity contribution in [2.24, 2.45) is 0 Å². The first-order valence-corrected chi connectivity index (χ1v) is 13.7. The van der Waals surface area contributed by atoms with Crippen molar-refractivity contribution in [1.29, 1.82) is 0 Å². The highest BCUT2D eigenvalue weighted by atomic mass is 79.9. The molecule has 0 radical (unpaired) electrons. The van der Waals surface area contributed by atoms with E-state index >= 15 is 0 Å². The van der Waals surface area contributed by atoms with Gasteiger partial charge in [0.1, 0.15) is 17.0 Å². The monoisotopic (exact) mass is 597 g/mol. The highest BCUT2D eigenvalue weighted by Gasteiger charge is 2.31. The lowest BCUT2D eigenvalue weighted by molar-refractivity contribution is -0.113. The van der Waals surface area contributed by atoms with Gasteiger partial charge in [-0.2, -0.15) is 0 Å². The molecule has 4 aromatic rings. The van der Waals surface area contributed by atoms with Crippen molar-refractivity contribution in [2.75, 3.05) is 16.0 Å². The van der Waals surface area contributed by atoms with Gasteiger partial charge in [0.15, 0.2) is 0 Å². The molecule has 0 spiro atoms. The van der Waals surface area contributed by atoms with Gasteiger partial charge in [-0.3, -0.25) is 23.5 Å². The molecule has 9 nitrogen and oxygen atoms in total. The number of nitrogens with zero attached hydrogens (tertiary/aromatic N) is 2. The number of benzene rings is 2. The summed E-state index contributed by atoms with van der Waals surface area (Å²) < 4.78 is 17.2. The van der Waals surface area contributed by atoms with Crippen LogP contribution >= 0.6 is 15.9 Å². The molecular weight excluding hydrogens is 569 g/mol. The highest BCUT2D eigenvalue weighted by Crippen LogP contribution is 2.34. The number of aromatic amines is 1. The minimum atomic E-state index is -0.592. The average molecular weight is 598 g/mol. The minimum Gasteiger partial charge on any atom is -0.339 e. The van der Waals surface area contributed by atoms with Crippen molar-refractivity contribution in [1.82, 2.24) is 14.1 Å². The smallest absolute Gasteiger partial charge is 0.336 e. The Morgan fingerprint density at radius 3 is 2.46 bits per heavy atom. The lowest BCUT2D eigenvalue weighted by Crippen LogP contribution is -2.40. The third-order valence-electron chi connectivity index (χ3n) is 6.28. The average Bonchev–Trinajstić information content (AvgIpc) is 3.75. The Balaban J connectivity index is 0.00000172. The van der Waals surface area contributed by atoms with Crippen molar-refractivity contribution in [3.8, 4) is 5.69 Å². The molecule has 3 N–H and O–H groups in total. The molecule has 0 saturated heterocycles. The summed E-state index contributed by atoms with van der Waals surface area (Å²) in [5, 5.41) is 5.72. The van der Waals surface area contributed by atoms with Crippen molar-refractivity contribution in [3.05, 3.63) is 90.6 Å². The van der Waals surface area contributed by atoms with Crippen LogP contribution in [0.2, 0.25) is 0 Å². The van der Waals surface area contributed by atoms with E-state index in [1.165, 1.54) is 28.2 Å². The van der Waals surface area contributed by atoms with Gasteiger partial charge in [0.25, 0.3) is 11.1 Å². The first-order valence-electron chi connectivity index (χ1n) is 12.6. The third-order valence-corrected chi connectivity index (χ3v) is 6.79. The van der Waals surface area contributed by atoms with Crippen LogP contribution in [0.4, 0.5) is 21.6 Å². The number of hydrogen-bond acceptors (Lipinski definition) is 5. The number of aryl methyl sites for hydroxylation is 2. The second-order valence-electron chi connectivity index (χ2n) is 9.04. The molecule has 2 aromatic heterocycles. The normalized spacial score (nSPS) is 12.6. The molecule has 2 aromatic carbocycles. The molecule has 1 aliphatic rings.